The summed E-state index contributed by atoms with van der Waals surface area (Å²) in [6.07, 6.45) is 6.49. The highest BCUT2D eigenvalue weighted by atomic mass is 35.5. The van der Waals surface area contributed by atoms with Crippen LogP contribution in [0.4, 0.5) is 0 Å². The number of aromatic nitrogens is 2. The first-order chi connectivity index (χ1) is 13.9. The molecule has 0 unspecified atom stereocenters. The first-order valence-electron chi connectivity index (χ1n) is 9.13. The van der Waals surface area contributed by atoms with Crippen molar-refractivity contribution in [2.45, 2.75) is 30.2 Å². The molecule has 1 N–H and O–H groups in total. The van der Waals surface area contributed by atoms with Crippen molar-refractivity contribution in [3.63, 3.8) is 0 Å². The molecule has 1 atom stereocenters. The number of hydrogen-bond donors (Lipinski definition) is 1. The molecule has 0 amide bonds. The first kappa shape index (κ1) is 21.3. The smallest absolute Gasteiger partial charge is 0.290 e. The normalized spacial score (nSPS) is 17.1. The summed E-state index contributed by atoms with van der Waals surface area (Å²) in [5, 5.41) is 7.11. The molecule has 2 aromatic heterocycles. The number of carboxylic acid groups (broad SMARTS) is 1. The van der Waals surface area contributed by atoms with Crippen molar-refractivity contribution in [2.75, 3.05) is 13.6 Å². The van der Waals surface area contributed by atoms with Crippen LogP contribution in [0, 0.1) is 0 Å². The van der Waals surface area contributed by atoms with Crippen LogP contribution >= 0.6 is 11.6 Å². The van der Waals surface area contributed by atoms with Crippen LogP contribution < -0.4 is 0 Å². The molecule has 0 saturated carbocycles. The molecule has 0 bridgehead atoms. The highest BCUT2D eigenvalue weighted by Crippen LogP contribution is 2.30. The maximum absolute atomic E-state index is 13.2. The zero-order chi connectivity index (χ0) is 21.0. The van der Waals surface area contributed by atoms with Crippen LogP contribution in [0.25, 0.3) is 11.0 Å². The molecule has 1 aliphatic rings. The van der Waals surface area contributed by atoms with Gasteiger partial charge in [-0.05, 0) is 62.7 Å². The van der Waals surface area contributed by atoms with E-state index >= 15 is 0 Å². The van der Waals surface area contributed by atoms with Gasteiger partial charge in [0.15, 0.2) is 0 Å². The molecule has 1 saturated heterocycles. The molecule has 4 rings (SSSR count). The van der Waals surface area contributed by atoms with Gasteiger partial charge in [0.05, 0.1) is 16.1 Å². The number of hydrogen-bond acceptors (Lipinski definition) is 5. The molecule has 29 heavy (non-hydrogen) atoms. The van der Waals surface area contributed by atoms with E-state index in [-0.39, 0.29) is 16.4 Å². The second-order valence-corrected chi connectivity index (χ2v) is 9.03. The van der Waals surface area contributed by atoms with Crippen molar-refractivity contribution < 1.29 is 18.3 Å². The van der Waals surface area contributed by atoms with Crippen molar-refractivity contribution in [3.05, 3.63) is 59.4 Å². The molecule has 0 radical (unpaired) electrons. The second kappa shape index (κ2) is 8.94. The number of halogens is 1. The van der Waals surface area contributed by atoms with Gasteiger partial charge in [-0.15, -0.1) is 0 Å². The van der Waals surface area contributed by atoms with E-state index in [0.29, 0.717) is 11.6 Å². The van der Waals surface area contributed by atoms with Gasteiger partial charge in [-0.3, -0.25) is 9.78 Å². The van der Waals surface area contributed by atoms with Crippen LogP contribution in [-0.4, -0.2) is 53.5 Å². The van der Waals surface area contributed by atoms with Gasteiger partial charge >= 0.3 is 0 Å². The van der Waals surface area contributed by atoms with Crippen LogP contribution in [0.5, 0.6) is 0 Å². The van der Waals surface area contributed by atoms with Gasteiger partial charge in [0, 0.05) is 18.4 Å². The maximum atomic E-state index is 13.2. The van der Waals surface area contributed by atoms with Gasteiger partial charge in [0.1, 0.15) is 4.90 Å². The van der Waals surface area contributed by atoms with Crippen LogP contribution in [0.2, 0.25) is 5.02 Å². The number of benzene rings is 1. The highest BCUT2D eigenvalue weighted by Gasteiger charge is 2.27. The predicted molar refractivity (Wildman–Crippen MR) is 112 cm³/mol. The Morgan fingerprint density at radius 2 is 2.00 bits per heavy atom. The fraction of sp³-hybridized carbons (Fsp3) is 0.300. The number of rotatable bonds is 4. The lowest BCUT2D eigenvalue weighted by molar-refractivity contribution is -0.122. The predicted octanol–water partition coefficient (Wildman–Crippen LogP) is 3.26. The quantitative estimate of drug-likeness (QED) is 0.632. The minimum absolute atomic E-state index is 0.104. The van der Waals surface area contributed by atoms with Gasteiger partial charge in [0.2, 0.25) is 0 Å². The molecular weight excluding hydrogens is 414 g/mol. The molecule has 7 nitrogen and oxygen atoms in total. The molecule has 9 heteroatoms. The molecule has 1 aromatic carbocycles. The average molecular weight is 436 g/mol. The van der Waals surface area contributed by atoms with E-state index in [2.05, 4.69) is 16.9 Å². The van der Waals surface area contributed by atoms with Gasteiger partial charge < -0.3 is 10.0 Å². The monoisotopic (exact) mass is 435 g/mol. The van der Waals surface area contributed by atoms with Crippen LogP contribution in [0.3, 0.4) is 0 Å². The van der Waals surface area contributed by atoms with E-state index in [1.807, 2.05) is 0 Å². The fourth-order valence-corrected chi connectivity index (χ4v) is 5.57. The summed E-state index contributed by atoms with van der Waals surface area (Å²) >= 11 is 6.16. The third-order valence-corrected chi connectivity index (χ3v) is 7.28. The SMILES string of the molecule is CN1CCC[C@@H]1Cc1cn(S(=O)(=O)c2ccccc2Cl)c2cccnc12.O=CO. The highest BCUT2D eigenvalue weighted by molar-refractivity contribution is 7.90. The average Bonchev–Trinajstić information content (AvgIpc) is 3.27. The van der Waals surface area contributed by atoms with E-state index in [9.17, 15) is 8.42 Å². The Hall–Kier alpha value is -2.42. The summed E-state index contributed by atoms with van der Waals surface area (Å²) in [6.45, 7) is 0.828. The fourth-order valence-electron chi connectivity index (χ4n) is 3.69. The number of pyridine rings is 1. The van der Waals surface area contributed by atoms with E-state index < -0.39 is 10.0 Å². The van der Waals surface area contributed by atoms with E-state index in [0.717, 1.165) is 30.5 Å². The van der Waals surface area contributed by atoms with E-state index in [1.54, 1.807) is 42.7 Å². The Morgan fingerprint density at radius 1 is 1.28 bits per heavy atom. The first-order valence-corrected chi connectivity index (χ1v) is 10.9. The minimum Gasteiger partial charge on any atom is -0.483 e. The summed E-state index contributed by atoms with van der Waals surface area (Å²) in [7, 11) is -1.68. The Labute approximate surface area is 174 Å². The lowest BCUT2D eigenvalue weighted by atomic mass is 10.1. The van der Waals surface area contributed by atoms with Crippen LogP contribution in [0.15, 0.2) is 53.7 Å². The summed E-state index contributed by atoms with van der Waals surface area (Å²) in [5.74, 6) is 0. The molecular formula is C20H22ClN3O4S. The maximum Gasteiger partial charge on any atom is 0.290 e. The summed E-state index contributed by atoms with van der Waals surface area (Å²) in [5.41, 5.74) is 2.28. The van der Waals surface area contributed by atoms with Gasteiger partial charge in [-0.2, -0.15) is 0 Å². The Kier molecular flexibility index (Phi) is 6.56. The zero-order valence-electron chi connectivity index (χ0n) is 15.9. The van der Waals surface area contributed by atoms with Crippen LogP contribution in [0.1, 0.15) is 18.4 Å². The number of fused-ring (bicyclic) bond motifs is 1. The lowest BCUT2D eigenvalue weighted by Crippen LogP contribution is -2.26. The number of nitrogens with zero attached hydrogens (tertiary/aromatic N) is 3. The Balaban J connectivity index is 0.000000755. The molecule has 154 valence electrons. The van der Waals surface area contributed by atoms with Crippen molar-refractivity contribution in [1.29, 1.82) is 0 Å². The zero-order valence-corrected chi connectivity index (χ0v) is 17.5. The summed E-state index contributed by atoms with van der Waals surface area (Å²) in [4.78, 5) is 15.3. The third kappa shape index (κ3) is 4.29. The van der Waals surface area contributed by atoms with Gasteiger partial charge in [0.25, 0.3) is 16.5 Å². The lowest BCUT2D eigenvalue weighted by Gasteiger charge is -2.18. The van der Waals surface area contributed by atoms with Crippen molar-refractivity contribution in [3.8, 4) is 0 Å². The topological polar surface area (TPSA) is 92.5 Å². The Morgan fingerprint density at radius 3 is 2.66 bits per heavy atom. The molecule has 0 spiro atoms. The second-order valence-electron chi connectivity index (χ2n) is 6.84. The van der Waals surface area contributed by atoms with Crippen LogP contribution in [-0.2, 0) is 21.2 Å². The third-order valence-electron chi connectivity index (χ3n) is 5.10. The standard InChI is InChI=1S/C19H20ClN3O2S.CH2O2/c1-22-11-5-6-15(22)12-14-13-23(17-8-4-10-21-19(14)17)26(24,25)18-9-3-2-7-16(18)20;2-1-3/h2-4,7-10,13,15H,5-6,11-12H2,1H3;1H,(H,2,3)/t15-;/m1./s1. The molecule has 1 aliphatic heterocycles. The number of likely N-dealkylation sites (tertiary alicyclic amines) is 1. The van der Waals surface area contributed by atoms with Crippen molar-refractivity contribution in [1.82, 2.24) is 13.9 Å². The van der Waals surface area contributed by atoms with Gasteiger partial charge in [-0.25, -0.2) is 12.4 Å². The van der Waals surface area contributed by atoms with E-state index in [1.165, 1.54) is 16.5 Å². The Bertz CT molecular complexity index is 1110. The largest absolute Gasteiger partial charge is 0.483 e. The molecule has 1 fully saturated rings. The molecule has 3 aromatic rings. The van der Waals surface area contributed by atoms with E-state index in [4.69, 9.17) is 21.5 Å². The number of likely N-dealkylation sites (N-methyl/N-ethyl adjacent to an activating group) is 1. The minimum atomic E-state index is -3.79. The van der Waals surface area contributed by atoms with Crippen molar-refractivity contribution in [2.24, 2.45) is 0 Å². The van der Waals surface area contributed by atoms with Gasteiger partial charge in [-0.1, -0.05) is 23.7 Å². The summed E-state index contributed by atoms with van der Waals surface area (Å²) < 4.78 is 27.8. The molecule has 0 aliphatic carbocycles. The van der Waals surface area contributed by atoms with Crippen molar-refractivity contribution >= 4 is 39.1 Å². The molecule has 3 heterocycles. The summed E-state index contributed by atoms with van der Waals surface area (Å²) in [6, 6.07) is 10.5. The number of carbonyl (C=O) groups is 1.